The quantitative estimate of drug-likeness (QED) is 0.0968. The Balaban J connectivity index is 0.00000281. The first-order valence-electron chi connectivity index (χ1n) is 15.3. The average molecular weight is 718 g/mol. The number of phosphoric ester groups is 1. The molecular weight excluding hydrogens is 683 g/mol. The van der Waals surface area contributed by atoms with Gasteiger partial charge in [0.05, 0.1) is 24.8 Å². The van der Waals surface area contributed by atoms with Crippen LogP contribution in [0.3, 0.4) is 0 Å². The Hall–Kier alpha value is -3.01. The Morgan fingerprint density at radius 2 is 1.76 bits per heavy atom. The number of carbonyl (C=O) groups is 3. The van der Waals surface area contributed by atoms with Gasteiger partial charge in [0, 0.05) is 38.5 Å². The molecule has 0 saturated carbocycles. The number of phosphoric acid groups is 1. The zero-order chi connectivity index (χ0) is 34.0. The van der Waals surface area contributed by atoms with E-state index in [2.05, 4.69) is 21.5 Å². The van der Waals surface area contributed by atoms with Crippen LogP contribution in [0.2, 0.25) is 0 Å². The van der Waals surface area contributed by atoms with Gasteiger partial charge in [0.1, 0.15) is 25.8 Å². The fourth-order valence-electron chi connectivity index (χ4n) is 6.32. The number of piperazine rings is 1. The summed E-state index contributed by atoms with van der Waals surface area (Å²) in [6, 6.07) is 19.4. The van der Waals surface area contributed by atoms with Crippen LogP contribution < -0.4 is 78.7 Å². The maximum atomic E-state index is 14.3. The summed E-state index contributed by atoms with van der Waals surface area (Å²) in [5, 5.41) is 11.3. The van der Waals surface area contributed by atoms with Crippen LogP contribution >= 0.6 is 7.82 Å². The molecule has 3 heterocycles. The number of hydrogen-bond acceptors (Lipinski definition) is 9. The van der Waals surface area contributed by atoms with Gasteiger partial charge in [-0.15, -0.1) is 6.58 Å². The summed E-state index contributed by atoms with van der Waals surface area (Å²) in [7, 11) is -3.43. The third kappa shape index (κ3) is 8.88. The third-order valence-electron chi connectivity index (χ3n) is 8.48. The number of carbonyl (C=O) groups excluding carboxylic acids is 3. The Morgan fingerprint density at radius 1 is 1.04 bits per heavy atom. The van der Waals surface area contributed by atoms with Crippen LogP contribution in [0.25, 0.3) is 10.9 Å². The fraction of sp³-hybridized carbons (Fsp3) is 0.273. The number of urea groups is 1. The van der Waals surface area contributed by atoms with Crippen molar-refractivity contribution in [1.82, 2.24) is 34.9 Å². The Labute approximate surface area is 333 Å². The normalized spacial score (nSPS) is 17.9. The Kier molecular flexibility index (Phi) is 13.5. The Bertz CT molecular complexity index is 1890. The van der Waals surface area contributed by atoms with E-state index >= 15 is 0 Å². The first-order chi connectivity index (χ1) is 23.0. The number of aryl methyl sites for hydroxylation is 1. The average Bonchev–Trinajstić information content (AvgIpc) is 3.44. The van der Waals surface area contributed by atoms with Crippen LogP contribution in [0.5, 0.6) is 5.75 Å². The molecule has 14 nitrogen and oxygen atoms in total. The van der Waals surface area contributed by atoms with Gasteiger partial charge in [0.2, 0.25) is 11.8 Å². The van der Waals surface area contributed by atoms with Crippen molar-refractivity contribution < 1.29 is 92.4 Å². The first-order valence-corrected chi connectivity index (χ1v) is 16.8. The molecule has 2 aliphatic heterocycles. The summed E-state index contributed by atoms with van der Waals surface area (Å²) < 4.78 is 17.3. The van der Waals surface area contributed by atoms with Crippen molar-refractivity contribution in [3.8, 4) is 5.75 Å². The van der Waals surface area contributed by atoms with E-state index in [1.54, 1.807) is 26.9 Å². The molecule has 0 spiro atoms. The molecule has 0 unspecified atom stereocenters. The second kappa shape index (κ2) is 17.0. The van der Waals surface area contributed by atoms with Gasteiger partial charge in [0.15, 0.2) is 0 Å². The monoisotopic (exact) mass is 717 g/mol. The predicted octanol–water partition coefficient (Wildman–Crippen LogP) is -4.47. The van der Waals surface area contributed by atoms with Gasteiger partial charge in [-0.1, -0.05) is 60.7 Å². The maximum Gasteiger partial charge on any atom is 1.00 e. The molecule has 2 atom stereocenters. The molecule has 50 heavy (non-hydrogen) atoms. The van der Waals surface area contributed by atoms with Gasteiger partial charge in [-0.3, -0.25) is 14.3 Å². The number of nitrogens with one attached hydrogen (secondary N) is 1. The molecule has 4 aromatic rings. The molecule has 3 aromatic carbocycles. The number of amides is 4. The van der Waals surface area contributed by atoms with E-state index in [0.717, 1.165) is 22.0 Å². The first kappa shape index (κ1) is 39.8. The van der Waals surface area contributed by atoms with Crippen molar-refractivity contribution >= 4 is 36.6 Å². The van der Waals surface area contributed by atoms with Crippen molar-refractivity contribution in [3.63, 3.8) is 0 Å². The molecule has 2 aliphatic rings. The Morgan fingerprint density at radius 3 is 2.44 bits per heavy atom. The van der Waals surface area contributed by atoms with E-state index in [-0.39, 0.29) is 116 Å². The van der Waals surface area contributed by atoms with E-state index in [4.69, 9.17) is 0 Å². The second-order valence-corrected chi connectivity index (χ2v) is 12.7. The second-order valence-electron chi connectivity index (χ2n) is 11.6. The van der Waals surface area contributed by atoms with Crippen LogP contribution in [0.15, 0.2) is 91.6 Å². The van der Waals surface area contributed by atoms with Crippen molar-refractivity contribution in [2.75, 3.05) is 19.6 Å². The molecule has 6 rings (SSSR count). The van der Waals surface area contributed by atoms with Crippen molar-refractivity contribution in [2.24, 2.45) is 7.05 Å². The zero-order valence-electron chi connectivity index (χ0n) is 28.2. The SMILES string of the molecule is C=CCN1CC(=O)N2[C@@H](Cc3ccc(OP(=O)([O-])[O-])cc3)C(=O)N(Cc3cccc4c3cnn4C)C[C@@H]2N1C(=O)NCc1ccccc1.[Na+].[Na+]. The minimum Gasteiger partial charge on any atom is -0.780 e. The molecule has 250 valence electrons. The summed E-state index contributed by atoms with van der Waals surface area (Å²) in [6.45, 7) is 4.37. The number of nitrogens with zero attached hydrogens (tertiary/aromatic N) is 6. The number of hydrogen-bond donors (Lipinski definition) is 1. The standard InChI is InChI=1S/C33H36N7O7P.2Na/c1-3-16-38-22-31(41)39-29(17-23-12-14-26(15-13-23)47-48(44,45)46)32(42)37(20-25-10-7-11-28-27(25)19-35-36(28)2)21-30(39)40(38)33(43)34-18-24-8-5-4-6-9-24;;/h3-15,19,29-30H,1,16-18,20-22H2,2H3,(H,34,43)(H2,44,45,46);;/q;2*+1/p-2/t29-,30-;;/m0../s1. The van der Waals surface area contributed by atoms with Gasteiger partial charge in [-0.2, -0.15) is 5.10 Å². The van der Waals surface area contributed by atoms with Gasteiger partial charge < -0.3 is 34.0 Å². The van der Waals surface area contributed by atoms with E-state index in [0.29, 0.717) is 5.56 Å². The predicted molar refractivity (Wildman–Crippen MR) is 171 cm³/mol. The van der Waals surface area contributed by atoms with E-state index in [1.165, 1.54) is 34.2 Å². The van der Waals surface area contributed by atoms with Crippen LogP contribution in [-0.4, -0.2) is 79.3 Å². The van der Waals surface area contributed by atoms with Crippen LogP contribution in [-0.2, 0) is 40.7 Å². The molecule has 0 radical (unpaired) electrons. The number of hydrazine groups is 1. The van der Waals surface area contributed by atoms with E-state index < -0.39 is 26.1 Å². The number of rotatable bonds is 10. The minimum absolute atomic E-state index is 0. The smallest absolute Gasteiger partial charge is 0.780 e. The van der Waals surface area contributed by atoms with Crippen LogP contribution in [0.1, 0.15) is 16.7 Å². The molecule has 2 fully saturated rings. The van der Waals surface area contributed by atoms with Crippen LogP contribution in [0, 0.1) is 0 Å². The summed E-state index contributed by atoms with van der Waals surface area (Å²) in [6.07, 6.45) is 2.56. The number of benzene rings is 3. The van der Waals surface area contributed by atoms with Gasteiger partial charge >= 0.3 is 65.1 Å². The number of fused-ring (bicyclic) bond motifs is 2. The molecule has 2 saturated heterocycles. The summed E-state index contributed by atoms with van der Waals surface area (Å²) >= 11 is 0. The number of aromatic nitrogens is 2. The van der Waals surface area contributed by atoms with Crippen molar-refractivity contribution in [3.05, 3.63) is 108 Å². The molecule has 0 aliphatic carbocycles. The van der Waals surface area contributed by atoms with Crippen molar-refractivity contribution in [2.45, 2.75) is 31.7 Å². The molecular formula is C33H34N7Na2O7P. The van der Waals surface area contributed by atoms with Gasteiger partial charge in [-0.05, 0) is 34.9 Å². The topological polar surface area (TPSA) is 166 Å². The van der Waals surface area contributed by atoms with Crippen molar-refractivity contribution in [1.29, 1.82) is 0 Å². The third-order valence-corrected chi connectivity index (χ3v) is 8.91. The minimum atomic E-state index is -5.26. The maximum absolute atomic E-state index is 14.3. The van der Waals surface area contributed by atoms with Gasteiger partial charge in [-0.25, -0.2) is 14.8 Å². The molecule has 1 aromatic heterocycles. The molecule has 4 amide bonds. The zero-order valence-corrected chi connectivity index (χ0v) is 33.1. The summed E-state index contributed by atoms with van der Waals surface area (Å²) in [4.78, 5) is 67.5. The van der Waals surface area contributed by atoms with E-state index in [1.807, 2.05) is 55.6 Å². The fourth-order valence-corrected chi connectivity index (χ4v) is 6.70. The largest absolute Gasteiger partial charge is 1.00 e. The summed E-state index contributed by atoms with van der Waals surface area (Å²) in [5.74, 6) is -0.812. The van der Waals surface area contributed by atoms with Crippen LogP contribution in [0.4, 0.5) is 4.79 Å². The molecule has 0 bridgehead atoms. The van der Waals surface area contributed by atoms with E-state index in [9.17, 15) is 28.7 Å². The summed E-state index contributed by atoms with van der Waals surface area (Å²) in [5.41, 5.74) is 3.23. The molecule has 1 N–H and O–H groups in total. The molecule has 17 heteroatoms. The van der Waals surface area contributed by atoms with Gasteiger partial charge in [0.25, 0.3) is 0 Å².